The summed E-state index contributed by atoms with van der Waals surface area (Å²) in [7, 11) is 1.80. The van der Waals surface area contributed by atoms with Crippen LogP contribution in [0.25, 0.3) is 0 Å². The average Bonchev–Trinajstić information content (AvgIpc) is 2.58. The first-order valence-corrected chi connectivity index (χ1v) is 8.31. The zero-order valence-corrected chi connectivity index (χ0v) is 17.1. The second kappa shape index (κ2) is 10.5. The molecule has 0 bridgehead atoms. The van der Waals surface area contributed by atoms with Crippen LogP contribution in [0.5, 0.6) is 0 Å². The number of likely N-dealkylation sites (tertiary alicyclic amines) is 1. The number of guanidine groups is 1. The average molecular weight is 445 g/mol. The molecule has 0 saturated carbocycles. The zero-order chi connectivity index (χ0) is 16.7. The third-order valence-corrected chi connectivity index (χ3v) is 4.20. The summed E-state index contributed by atoms with van der Waals surface area (Å²) < 4.78 is 5.12. The number of aryl methyl sites for hydroxylation is 1. The highest BCUT2D eigenvalue weighted by molar-refractivity contribution is 14.0. The van der Waals surface area contributed by atoms with Gasteiger partial charge in [-0.05, 0) is 32.3 Å². The van der Waals surface area contributed by atoms with Crippen molar-refractivity contribution in [2.75, 3.05) is 26.7 Å². The molecule has 1 aromatic carbocycles. The molecule has 0 aromatic heterocycles. The van der Waals surface area contributed by atoms with Crippen LogP contribution in [0.15, 0.2) is 29.3 Å². The topological polar surface area (TPSA) is 53.9 Å². The SMILES string of the molecule is CCOC(=O)C1CCN(C(=NC)NCc2ccc(C)cc2)CC1.I. The van der Waals surface area contributed by atoms with Crippen molar-refractivity contribution in [3.63, 3.8) is 0 Å². The Balaban J connectivity index is 0.00000288. The Morgan fingerprint density at radius 1 is 1.29 bits per heavy atom. The number of piperidine rings is 1. The van der Waals surface area contributed by atoms with Crippen LogP contribution < -0.4 is 5.32 Å². The van der Waals surface area contributed by atoms with E-state index in [9.17, 15) is 4.79 Å². The Labute approximate surface area is 161 Å². The molecule has 1 aromatic rings. The smallest absolute Gasteiger partial charge is 0.309 e. The standard InChI is InChI=1S/C18H27N3O2.HI/c1-4-23-17(22)16-9-11-21(12-10-16)18(19-3)20-13-15-7-5-14(2)6-8-15;/h5-8,16H,4,9-13H2,1-3H3,(H,19,20);1H. The van der Waals surface area contributed by atoms with Gasteiger partial charge in [0.25, 0.3) is 0 Å². The number of aliphatic imine (C=N–C) groups is 1. The Bertz CT molecular complexity index is 538. The maximum atomic E-state index is 11.8. The summed E-state index contributed by atoms with van der Waals surface area (Å²) in [6.07, 6.45) is 1.65. The fraction of sp³-hybridized carbons (Fsp3) is 0.556. The molecule has 0 spiro atoms. The minimum atomic E-state index is -0.0604. The third kappa shape index (κ3) is 5.96. The first kappa shape index (κ1) is 20.7. The van der Waals surface area contributed by atoms with Crippen molar-refractivity contribution in [1.82, 2.24) is 10.2 Å². The van der Waals surface area contributed by atoms with Crippen LogP contribution in [-0.2, 0) is 16.1 Å². The van der Waals surface area contributed by atoms with E-state index in [2.05, 4.69) is 46.4 Å². The van der Waals surface area contributed by atoms with E-state index in [4.69, 9.17) is 4.74 Å². The molecule has 24 heavy (non-hydrogen) atoms. The van der Waals surface area contributed by atoms with Crippen molar-refractivity contribution in [3.05, 3.63) is 35.4 Å². The molecule has 1 aliphatic rings. The van der Waals surface area contributed by atoms with Crippen LogP contribution in [0.3, 0.4) is 0 Å². The first-order chi connectivity index (χ1) is 11.1. The van der Waals surface area contributed by atoms with E-state index in [1.807, 2.05) is 6.92 Å². The van der Waals surface area contributed by atoms with Gasteiger partial charge in [-0.25, -0.2) is 0 Å². The summed E-state index contributed by atoms with van der Waals surface area (Å²) in [5.74, 6) is 0.865. The Morgan fingerprint density at radius 3 is 2.46 bits per heavy atom. The van der Waals surface area contributed by atoms with Crippen LogP contribution in [0.2, 0.25) is 0 Å². The molecule has 2 rings (SSSR count). The normalized spacial score (nSPS) is 15.6. The van der Waals surface area contributed by atoms with Crippen LogP contribution in [0.1, 0.15) is 30.9 Å². The number of halogens is 1. The number of nitrogens with zero attached hydrogens (tertiary/aromatic N) is 2. The largest absolute Gasteiger partial charge is 0.466 e. The maximum Gasteiger partial charge on any atom is 0.309 e. The zero-order valence-electron chi connectivity index (χ0n) is 14.7. The fourth-order valence-electron chi connectivity index (χ4n) is 2.81. The van der Waals surface area contributed by atoms with E-state index in [0.717, 1.165) is 38.4 Å². The highest BCUT2D eigenvalue weighted by Gasteiger charge is 2.27. The van der Waals surface area contributed by atoms with Gasteiger partial charge in [0.2, 0.25) is 0 Å². The van der Waals surface area contributed by atoms with Crippen molar-refractivity contribution >= 4 is 35.9 Å². The predicted molar refractivity (Wildman–Crippen MR) is 108 cm³/mol. The van der Waals surface area contributed by atoms with Gasteiger partial charge in [0.05, 0.1) is 12.5 Å². The van der Waals surface area contributed by atoms with Crippen molar-refractivity contribution in [3.8, 4) is 0 Å². The molecule has 134 valence electrons. The van der Waals surface area contributed by atoms with Crippen molar-refractivity contribution < 1.29 is 9.53 Å². The van der Waals surface area contributed by atoms with Crippen LogP contribution in [0.4, 0.5) is 0 Å². The number of carbonyl (C=O) groups excluding carboxylic acids is 1. The number of nitrogens with one attached hydrogen (secondary N) is 1. The van der Waals surface area contributed by atoms with Crippen molar-refractivity contribution in [2.24, 2.45) is 10.9 Å². The van der Waals surface area contributed by atoms with Gasteiger partial charge in [0.1, 0.15) is 0 Å². The molecule has 0 amide bonds. The van der Waals surface area contributed by atoms with Crippen molar-refractivity contribution in [2.45, 2.75) is 33.2 Å². The summed E-state index contributed by atoms with van der Waals surface area (Å²) in [5, 5.41) is 3.40. The lowest BCUT2D eigenvalue weighted by Gasteiger charge is -2.33. The van der Waals surface area contributed by atoms with Crippen molar-refractivity contribution in [1.29, 1.82) is 0 Å². The van der Waals surface area contributed by atoms with E-state index in [0.29, 0.717) is 6.61 Å². The summed E-state index contributed by atoms with van der Waals surface area (Å²) in [6.45, 7) is 6.81. The predicted octanol–water partition coefficient (Wildman–Crippen LogP) is 2.96. The lowest BCUT2D eigenvalue weighted by atomic mass is 9.97. The molecule has 6 heteroatoms. The highest BCUT2D eigenvalue weighted by atomic mass is 127. The van der Waals surface area contributed by atoms with E-state index in [1.54, 1.807) is 7.05 Å². The van der Waals surface area contributed by atoms with Gasteiger partial charge in [-0.2, -0.15) is 0 Å². The lowest BCUT2D eigenvalue weighted by molar-refractivity contribution is -0.149. The van der Waals surface area contributed by atoms with Crippen LogP contribution in [0, 0.1) is 12.8 Å². The molecule has 0 unspecified atom stereocenters. The summed E-state index contributed by atoms with van der Waals surface area (Å²) in [5.41, 5.74) is 2.50. The van der Waals surface area contributed by atoms with Gasteiger partial charge < -0.3 is 15.0 Å². The van der Waals surface area contributed by atoms with Gasteiger partial charge >= 0.3 is 5.97 Å². The molecule has 1 heterocycles. The number of hydrogen-bond donors (Lipinski definition) is 1. The second-order valence-corrected chi connectivity index (χ2v) is 5.90. The van der Waals surface area contributed by atoms with Gasteiger partial charge in [-0.1, -0.05) is 29.8 Å². The fourth-order valence-corrected chi connectivity index (χ4v) is 2.81. The highest BCUT2D eigenvalue weighted by Crippen LogP contribution is 2.18. The number of hydrogen-bond acceptors (Lipinski definition) is 3. The molecular weight excluding hydrogens is 417 g/mol. The molecule has 0 aliphatic carbocycles. The Morgan fingerprint density at radius 2 is 1.92 bits per heavy atom. The third-order valence-electron chi connectivity index (χ3n) is 4.20. The first-order valence-electron chi connectivity index (χ1n) is 8.31. The number of esters is 1. The van der Waals surface area contributed by atoms with Crippen LogP contribution >= 0.6 is 24.0 Å². The van der Waals surface area contributed by atoms with E-state index >= 15 is 0 Å². The quantitative estimate of drug-likeness (QED) is 0.335. The summed E-state index contributed by atoms with van der Waals surface area (Å²) in [6, 6.07) is 8.49. The molecule has 1 fully saturated rings. The minimum Gasteiger partial charge on any atom is -0.466 e. The Hall–Kier alpha value is -1.31. The molecule has 1 N–H and O–H groups in total. The molecule has 0 radical (unpaired) electrons. The minimum absolute atomic E-state index is 0. The number of rotatable bonds is 4. The van der Waals surface area contributed by atoms with E-state index in [-0.39, 0.29) is 35.9 Å². The van der Waals surface area contributed by atoms with Crippen LogP contribution in [-0.4, -0.2) is 43.6 Å². The molecule has 1 aliphatic heterocycles. The second-order valence-electron chi connectivity index (χ2n) is 5.90. The molecular formula is C18H28IN3O2. The Kier molecular flexibility index (Phi) is 9.10. The van der Waals surface area contributed by atoms with Gasteiger partial charge in [-0.15, -0.1) is 24.0 Å². The van der Waals surface area contributed by atoms with Gasteiger partial charge in [-0.3, -0.25) is 9.79 Å². The van der Waals surface area contributed by atoms with E-state index in [1.165, 1.54) is 11.1 Å². The summed E-state index contributed by atoms with van der Waals surface area (Å²) in [4.78, 5) is 18.4. The van der Waals surface area contributed by atoms with Gasteiger partial charge in [0.15, 0.2) is 5.96 Å². The summed E-state index contributed by atoms with van der Waals surface area (Å²) >= 11 is 0. The molecule has 1 saturated heterocycles. The lowest BCUT2D eigenvalue weighted by Crippen LogP contribution is -2.46. The molecule has 0 atom stereocenters. The molecule has 5 nitrogen and oxygen atoms in total. The van der Waals surface area contributed by atoms with E-state index < -0.39 is 0 Å². The number of carbonyl (C=O) groups is 1. The monoisotopic (exact) mass is 445 g/mol. The maximum absolute atomic E-state index is 11.8. The van der Waals surface area contributed by atoms with Gasteiger partial charge in [0, 0.05) is 26.7 Å². The number of benzene rings is 1. The number of ether oxygens (including phenoxy) is 1.